The summed E-state index contributed by atoms with van der Waals surface area (Å²) in [4.78, 5) is -2.12. The molecule has 0 aliphatic heterocycles. The summed E-state index contributed by atoms with van der Waals surface area (Å²) >= 11 is 0.448. The van der Waals surface area contributed by atoms with Crippen molar-refractivity contribution in [1.29, 1.82) is 0 Å². The van der Waals surface area contributed by atoms with Crippen LogP contribution in [0.15, 0.2) is 82.5 Å². The van der Waals surface area contributed by atoms with Crippen molar-refractivity contribution in [1.82, 2.24) is 0 Å². The zero-order chi connectivity index (χ0) is 39.6. The molecule has 0 saturated heterocycles. The second-order valence-electron chi connectivity index (χ2n) is 9.57. The van der Waals surface area contributed by atoms with Crippen molar-refractivity contribution in [2.24, 2.45) is 20.5 Å². The number of benzene rings is 3. The van der Waals surface area contributed by atoms with Gasteiger partial charge in [0.15, 0.2) is 32.0 Å². The van der Waals surface area contributed by atoms with Crippen molar-refractivity contribution < 1.29 is 199 Å². The molecule has 0 spiro atoms. The van der Waals surface area contributed by atoms with Crippen LogP contribution in [0, 0.1) is 6.92 Å². The Labute approximate surface area is 422 Å². The molecule has 0 saturated carbocycles. The Morgan fingerprint density at radius 3 is 1.79 bits per heavy atom. The Morgan fingerprint density at radius 2 is 1.23 bits per heavy atom. The summed E-state index contributed by atoms with van der Waals surface area (Å²) in [6, 6.07) is 6.94. The molecule has 3 aromatic rings. The van der Waals surface area contributed by atoms with Crippen molar-refractivity contribution in [3.05, 3.63) is 48.0 Å². The zero-order valence-electron chi connectivity index (χ0n) is 30.1. The van der Waals surface area contributed by atoms with E-state index in [1.54, 1.807) is 0 Å². The van der Waals surface area contributed by atoms with Crippen molar-refractivity contribution in [3.63, 3.8) is 0 Å². The van der Waals surface area contributed by atoms with E-state index in [0.29, 0.717) is 18.1 Å². The van der Waals surface area contributed by atoms with Gasteiger partial charge in [-0.3, -0.25) is 18.4 Å². The van der Waals surface area contributed by atoms with E-state index in [1.165, 1.54) is 31.2 Å². The molecule has 3 rings (SSSR count). The summed E-state index contributed by atoms with van der Waals surface area (Å²) in [6.45, 7) is -0.0748. The smallest absolute Gasteiger partial charge is 0.744 e. The van der Waals surface area contributed by atoms with Gasteiger partial charge in [-0.15, -0.1) is 19.7 Å². The minimum atomic E-state index is -5.45. The average Bonchev–Trinajstić information content (AvgIpc) is 3.07. The Hall–Kier alpha value is 0.560. The first-order valence-electron chi connectivity index (χ1n) is 13.4. The minimum Gasteiger partial charge on any atom is -0.744 e. The Bertz CT molecular complexity index is 2310. The van der Waals surface area contributed by atoms with Gasteiger partial charge in [-0.2, -0.15) is 9.45 Å². The monoisotopic (exact) mass is 954 g/mol. The van der Waals surface area contributed by atoms with Crippen LogP contribution in [0.25, 0.3) is 0 Å². The number of sulfone groups is 2. The third kappa shape index (κ3) is 18.4. The molecule has 0 radical (unpaired) electrons. The Kier molecular flexibility index (Phi) is 28.2. The first-order valence-corrected chi connectivity index (χ1v) is 20.9. The number of hydrogen-bond acceptors (Lipinski definition) is 26. The van der Waals surface area contributed by atoms with Gasteiger partial charge >= 0.3 is 118 Å². The maximum Gasteiger partial charge on any atom is 1.00 e. The normalized spacial score (nSPS) is 12.1. The molecule has 0 unspecified atom stereocenters. The van der Waals surface area contributed by atoms with Crippen LogP contribution >= 0.6 is 24.4 Å². The predicted molar refractivity (Wildman–Crippen MR) is 173 cm³/mol. The van der Waals surface area contributed by atoms with Crippen LogP contribution in [0.1, 0.15) is 5.56 Å². The van der Waals surface area contributed by atoms with Gasteiger partial charge in [0.05, 0.1) is 73.4 Å². The molecule has 0 fully saturated rings. The maximum absolute atomic E-state index is 12.6. The predicted octanol–water partition coefficient (Wildman–Crippen LogP) is -11.0. The molecule has 34 heteroatoms. The van der Waals surface area contributed by atoms with Crippen molar-refractivity contribution >= 4 is 98.7 Å². The molecule has 0 aliphatic rings. The minimum absolute atomic E-state index is 0. The molecule has 0 aliphatic carbocycles. The standard InChI is InChI=1S/C23H26N6O18S6.4Na/c1-13-19(24)21(28-27-17-7-6-16(12-18(17)52(36,37)38)51(34,35)11-9-43-53(39,40)41)20(25)22(23(13)48-46-44-30)29-26-14-2-4-15(5-3-14)50(32,33)10-8-42-49-47-45-31;;;;/h2-7,12,30-31H,8-11,24-25H2,1H3,(H,36,37,38)(H,39,40,41);;;;/q;4*+1/p-4. The number of nitrogens with zero attached hydrogens (tertiary/aromatic N) is 4. The summed E-state index contributed by atoms with van der Waals surface area (Å²) in [5.74, 6) is -1.58. The first kappa shape index (κ1) is 59.7. The van der Waals surface area contributed by atoms with Gasteiger partial charge in [-0.1, -0.05) is 0 Å². The topological polar surface area (TPSA) is 386 Å². The summed E-state index contributed by atoms with van der Waals surface area (Å²) < 4.78 is 135. The number of azo groups is 2. The van der Waals surface area contributed by atoms with E-state index in [0.717, 1.165) is 12.1 Å². The summed E-state index contributed by atoms with van der Waals surface area (Å²) in [7, 11) is -19.0. The third-order valence-electron chi connectivity index (χ3n) is 6.27. The van der Waals surface area contributed by atoms with Crippen molar-refractivity contribution in [2.75, 3.05) is 36.2 Å². The number of hydrogen-bond donors (Lipinski definition) is 2. The van der Waals surface area contributed by atoms with Gasteiger partial charge in [0.2, 0.25) is 10.4 Å². The quantitative estimate of drug-likeness (QED) is 0.0122. The van der Waals surface area contributed by atoms with Crippen LogP contribution in [-0.2, 0) is 67.3 Å². The number of nitrogen functional groups attached to an aromatic ring is 2. The van der Waals surface area contributed by atoms with E-state index in [1.807, 2.05) is 0 Å². The molecule has 0 heterocycles. The van der Waals surface area contributed by atoms with Gasteiger partial charge < -0.3 is 31.1 Å². The molecule has 4 N–H and O–H groups in total. The van der Waals surface area contributed by atoms with E-state index in [4.69, 9.17) is 15.7 Å². The summed E-state index contributed by atoms with van der Waals surface area (Å²) in [6.07, 6.45) is 0. The van der Waals surface area contributed by atoms with E-state index in [-0.39, 0.29) is 175 Å². The van der Waals surface area contributed by atoms with Crippen LogP contribution in [-0.4, -0.2) is 67.5 Å². The van der Waals surface area contributed by atoms with Gasteiger partial charge in [0.1, 0.15) is 27.2 Å². The van der Waals surface area contributed by atoms with E-state index in [9.17, 15) is 53.3 Å². The molecular formula is C23H22N6Na4O18S6. The number of nitrogens with two attached hydrogens (primary N) is 2. The van der Waals surface area contributed by atoms with E-state index >= 15 is 0 Å². The molecule has 0 amide bonds. The summed E-state index contributed by atoms with van der Waals surface area (Å²) in [5, 5.41) is 42.4. The van der Waals surface area contributed by atoms with Gasteiger partial charge in [-0.25, -0.2) is 33.7 Å². The molecule has 0 bridgehead atoms. The van der Waals surface area contributed by atoms with Crippen LogP contribution in [0.3, 0.4) is 0 Å². The van der Waals surface area contributed by atoms with Crippen LogP contribution < -0.4 is 140 Å². The largest absolute Gasteiger partial charge is 1.00 e. The van der Waals surface area contributed by atoms with Crippen LogP contribution in [0.2, 0.25) is 0 Å². The molecule has 0 aromatic heterocycles. The fourth-order valence-electron chi connectivity index (χ4n) is 3.81. The SMILES string of the molecule is Cc1c(N)c(N=Nc2ccc(S(=O)(=O)CCOS(=O)(=O)[O-])cc2S(=O)(=O)[O-])c(N)c(N=Nc2ccc(S(=O)(=O)CCOSOO[O-])cc2)c1SOO[O-].[Na+].[Na+].[Na+].[Na+]. The molecule has 57 heavy (non-hydrogen) atoms. The van der Waals surface area contributed by atoms with Crippen molar-refractivity contribution in [3.8, 4) is 0 Å². The number of anilines is 2. The second kappa shape index (κ2) is 26.9. The van der Waals surface area contributed by atoms with Crippen molar-refractivity contribution in [2.45, 2.75) is 26.5 Å². The molecule has 24 nitrogen and oxygen atoms in total. The maximum atomic E-state index is 12.6. The van der Waals surface area contributed by atoms with Gasteiger partial charge in [-0.05, 0) is 55.0 Å². The number of rotatable bonds is 20. The van der Waals surface area contributed by atoms with Gasteiger partial charge in [0, 0.05) is 0 Å². The summed E-state index contributed by atoms with van der Waals surface area (Å²) in [5.41, 5.74) is 10.6. The van der Waals surface area contributed by atoms with E-state index in [2.05, 4.69) is 43.4 Å². The van der Waals surface area contributed by atoms with Gasteiger partial charge in [0.25, 0.3) is 0 Å². The molecule has 292 valence electrons. The average molecular weight is 955 g/mol. The third-order valence-corrected chi connectivity index (χ3v) is 12.1. The zero-order valence-corrected chi connectivity index (χ0v) is 43.0. The fourth-order valence-corrected chi connectivity index (χ4v) is 7.99. The second-order valence-corrected chi connectivity index (χ2v) is 17.4. The van der Waals surface area contributed by atoms with Crippen LogP contribution in [0.5, 0.6) is 0 Å². The van der Waals surface area contributed by atoms with E-state index < -0.39 is 79.5 Å². The molecule has 0 atom stereocenters. The Balaban J connectivity index is 0. The molecular weight excluding hydrogens is 933 g/mol. The fraction of sp³-hybridized carbons (Fsp3) is 0.217. The Morgan fingerprint density at radius 1 is 0.684 bits per heavy atom. The van der Waals surface area contributed by atoms with Crippen LogP contribution in [0.4, 0.5) is 34.1 Å². The first-order chi connectivity index (χ1) is 24.7. The molecule has 3 aromatic carbocycles.